The van der Waals surface area contributed by atoms with Gasteiger partial charge in [0, 0.05) is 0 Å². The zero-order valence-corrected chi connectivity index (χ0v) is 8.78. The second-order valence-electron chi connectivity index (χ2n) is 3.28. The van der Waals surface area contributed by atoms with Gasteiger partial charge in [-0.3, -0.25) is 0 Å². The van der Waals surface area contributed by atoms with E-state index in [4.69, 9.17) is 9.15 Å². The SMILES string of the molecule is COc1ccc(C(F)(F)F)cc1-c1cnco1. The van der Waals surface area contributed by atoms with Crippen LogP contribution in [0.1, 0.15) is 5.56 Å². The first-order chi connectivity index (χ1) is 8.02. The molecule has 0 aliphatic heterocycles. The minimum absolute atomic E-state index is 0.222. The number of benzene rings is 1. The molecule has 0 amide bonds. The molecule has 0 bridgehead atoms. The van der Waals surface area contributed by atoms with Crippen molar-refractivity contribution < 1.29 is 22.3 Å². The third-order valence-corrected chi connectivity index (χ3v) is 2.22. The first-order valence-corrected chi connectivity index (χ1v) is 4.66. The summed E-state index contributed by atoms with van der Waals surface area (Å²) in [5, 5.41) is 0. The number of alkyl halides is 3. The van der Waals surface area contributed by atoms with E-state index in [0.717, 1.165) is 18.5 Å². The third kappa shape index (κ3) is 2.25. The molecule has 3 nitrogen and oxygen atoms in total. The Morgan fingerprint density at radius 1 is 1.29 bits per heavy atom. The molecule has 0 aliphatic rings. The summed E-state index contributed by atoms with van der Waals surface area (Å²) in [6, 6.07) is 3.18. The van der Waals surface area contributed by atoms with Crippen molar-refractivity contribution in [3.63, 3.8) is 0 Å². The molecule has 1 aromatic carbocycles. The molecule has 2 aromatic rings. The lowest BCUT2D eigenvalue weighted by atomic mass is 10.1. The van der Waals surface area contributed by atoms with Gasteiger partial charge in [0.1, 0.15) is 5.75 Å². The van der Waals surface area contributed by atoms with Gasteiger partial charge in [0.05, 0.1) is 24.4 Å². The Kier molecular flexibility index (Phi) is 2.79. The van der Waals surface area contributed by atoms with Gasteiger partial charge >= 0.3 is 6.18 Å². The predicted octanol–water partition coefficient (Wildman–Crippen LogP) is 3.37. The van der Waals surface area contributed by atoms with Crippen molar-refractivity contribution in [2.75, 3.05) is 7.11 Å². The van der Waals surface area contributed by atoms with Crippen LogP contribution in [0, 0.1) is 0 Å². The Morgan fingerprint density at radius 2 is 2.06 bits per heavy atom. The van der Waals surface area contributed by atoms with Crippen LogP contribution >= 0.6 is 0 Å². The summed E-state index contributed by atoms with van der Waals surface area (Å²) in [7, 11) is 1.38. The van der Waals surface area contributed by atoms with Crippen LogP contribution in [0.25, 0.3) is 11.3 Å². The highest BCUT2D eigenvalue weighted by Crippen LogP contribution is 2.36. The molecular formula is C11H8F3NO2. The van der Waals surface area contributed by atoms with Crippen LogP contribution in [0.2, 0.25) is 0 Å². The van der Waals surface area contributed by atoms with E-state index in [2.05, 4.69) is 4.98 Å². The Hall–Kier alpha value is -1.98. The van der Waals surface area contributed by atoms with E-state index in [1.54, 1.807) is 0 Å². The minimum atomic E-state index is -4.40. The van der Waals surface area contributed by atoms with E-state index >= 15 is 0 Å². The molecule has 0 N–H and O–H groups in total. The standard InChI is InChI=1S/C11H8F3NO2/c1-16-9-3-2-7(11(12,13)14)4-8(9)10-5-15-6-17-10/h2-6H,1H3. The Labute approximate surface area is 94.8 Å². The Morgan fingerprint density at radius 3 is 2.59 bits per heavy atom. The van der Waals surface area contributed by atoms with E-state index in [9.17, 15) is 13.2 Å². The van der Waals surface area contributed by atoms with Gasteiger partial charge in [-0.15, -0.1) is 0 Å². The molecule has 6 heteroatoms. The van der Waals surface area contributed by atoms with Gasteiger partial charge in [0.25, 0.3) is 0 Å². The maximum atomic E-state index is 12.6. The van der Waals surface area contributed by atoms with Crippen molar-refractivity contribution >= 4 is 0 Å². The molecule has 2 rings (SSSR count). The summed E-state index contributed by atoms with van der Waals surface area (Å²) in [6.45, 7) is 0. The first-order valence-electron chi connectivity index (χ1n) is 4.66. The topological polar surface area (TPSA) is 35.3 Å². The zero-order chi connectivity index (χ0) is 12.5. The molecule has 0 atom stereocenters. The quantitative estimate of drug-likeness (QED) is 0.811. The van der Waals surface area contributed by atoms with Crippen LogP contribution in [0.5, 0.6) is 5.75 Å². The van der Waals surface area contributed by atoms with Gasteiger partial charge in [-0.2, -0.15) is 13.2 Å². The van der Waals surface area contributed by atoms with Crippen LogP contribution in [-0.4, -0.2) is 12.1 Å². The lowest BCUT2D eigenvalue weighted by molar-refractivity contribution is -0.137. The largest absolute Gasteiger partial charge is 0.496 e. The van der Waals surface area contributed by atoms with Gasteiger partial charge < -0.3 is 9.15 Å². The number of ether oxygens (including phenoxy) is 1. The molecule has 0 spiro atoms. The van der Waals surface area contributed by atoms with Crippen LogP contribution in [0.4, 0.5) is 13.2 Å². The fourth-order valence-electron chi connectivity index (χ4n) is 1.43. The normalized spacial score (nSPS) is 11.5. The van der Waals surface area contributed by atoms with E-state index in [1.165, 1.54) is 19.4 Å². The van der Waals surface area contributed by atoms with Crippen LogP contribution in [0.3, 0.4) is 0 Å². The monoisotopic (exact) mass is 243 g/mol. The zero-order valence-electron chi connectivity index (χ0n) is 8.78. The van der Waals surface area contributed by atoms with Crippen molar-refractivity contribution in [1.82, 2.24) is 4.98 Å². The number of rotatable bonds is 2. The van der Waals surface area contributed by atoms with Gasteiger partial charge in [-0.05, 0) is 18.2 Å². The summed E-state index contributed by atoms with van der Waals surface area (Å²) in [4.78, 5) is 3.66. The second-order valence-corrected chi connectivity index (χ2v) is 3.28. The average molecular weight is 243 g/mol. The van der Waals surface area contributed by atoms with E-state index in [1.807, 2.05) is 0 Å². The Balaban J connectivity index is 2.55. The highest BCUT2D eigenvalue weighted by molar-refractivity contribution is 5.66. The Bertz CT molecular complexity index is 506. The van der Waals surface area contributed by atoms with Crippen molar-refractivity contribution in [1.29, 1.82) is 0 Å². The molecular weight excluding hydrogens is 235 g/mol. The lowest BCUT2D eigenvalue weighted by Gasteiger charge is -2.10. The number of methoxy groups -OCH3 is 1. The number of hydrogen-bond donors (Lipinski definition) is 0. The summed E-state index contributed by atoms with van der Waals surface area (Å²) in [5.74, 6) is 0.530. The average Bonchev–Trinajstić information content (AvgIpc) is 2.80. The summed E-state index contributed by atoms with van der Waals surface area (Å²) in [5.41, 5.74) is -0.537. The van der Waals surface area contributed by atoms with E-state index in [-0.39, 0.29) is 11.3 Å². The van der Waals surface area contributed by atoms with Crippen molar-refractivity contribution in [2.24, 2.45) is 0 Å². The molecule has 0 aliphatic carbocycles. The lowest BCUT2D eigenvalue weighted by Crippen LogP contribution is -2.05. The van der Waals surface area contributed by atoms with Gasteiger partial charge in [-0.1, -0.05) is 0 Å². The molecule has 90 valence electrons. The number of aromatic nitrogens is 1. The summed E-state index contributed by atoms with van der Waals surface area (Å²) in [6.07, 6.45) is -1.92. The molecule has 0 radical (unpaired) electrons. The van der Waals surface area contributed by atoms with Gasteiger partial charge in [-0.25, -0.2) is 4.98 Å². The minimum Gasteiger partial charge on any atom is -0.496 e. The van der Waals surface area contributed by atoms with Crippen molar-refractivity contribution in [3.8, 4) is 17.1 Å². The second kappa shape index (κ2) is 4.12. The molecule has 1 aromatic heterocycles. The summed E-state index contributed by atoms with van der Waals surface area (Å²) < 4.78 is 47.6. The molecule has 0 fully saturated rings. The van der Waals surface area contributed by atoms with E-state index < -0.39 is 11.7 Å². The van der Waals surface area contributed by atoms with Crippen molar-refractivity contribution in [3.05, 3.63) is 36.4 Å². The maximum Gasteiger partial charge on any atom is 0.416 e. The number of oxazole rings is 1. The van der Waals surface area contributed by atoms with Crippen molar-refractivity contribution in [2.45, 2.75) is 6.18 Å². The van der Waals surface area contributed by atoms with Crippen LogP contribution in [0.15, 0.2) is 35.2 Å². The number of halogens is 3. The maximum absolute atomic E-state index is 12.6. The molecule has 17 heavy (non-hydrogen) atoms. The number of nitrogens with zero attached hydrogens (tertiary/aromatic N) is 1. The molecule has 0 saturated heterocycles. The van der Waals surface area contributed by atoms with Crippen LogP contribution in [-0.2, 0) is 6.18 Å². The van der Waals surface area contributed by atoms with Gasteiger partial charge in [0.2, 0.25) is 0 Å². The predicted molar refractivity (Wildman–Crippen MR) is 53.5 cm³/mol. The molecule has 0 saturated carbocycles. The smallest absolute Gasteiger partial charge is 0.416 e. The summed E-state index contributed by atoms with van der Waals surface area (Å²) >= 11 is 0. The fraction of sp³-hybridized carbons (Fsp3) is 0.182. The van der Waals surface area contributed by atoms with Crippen LogP contribution < -0.4 is 4.74 Å². The third-order valence-electron chi connectivity index (χ3n) is 2.22. The fourth-order valence-corrected chi connectivity index (χ4v) is 1.43. The molecule has 1 heterocycles. The van der Waals surface area contributed by atoms with Gasteiger partial charge in [0.15, 0.2) is 12.2 Å². The highest BCUT2D eigenvalue weighted by Gasteiger charge is 2.31. The van der Waals surface area contributed by atoms with E-state index in [0.29, 0.717) is 5.75 Å². The highest BCUT2D eigenvalue weighted by atomic mass is 19.4. The first kappa shape index (κ1) is 11.5. The molecule has 0 unspecified atom stereocenters. The number of hydrogen-bond acceptors (Lipinski definition) is 3.